The van der Waals surface area contributed by atoms with Gasteiger partial charge in [-0.25, -0.2) is 4.39 Å². The average Bonchev–Trinajstić information content (AvgIpc) is 2.07. The van der Waals surface area contributed by atoms with Crippen LogP contribution in [0.5, 0.6) is 5.75 Å². The number of hydrogen-bond acceptors (Lipinski definition) is 2. The van der Waals surface area contributed by atoms with Crippen LogP contribution in [-0.2, 0) is 0 Å². The van der Waals surface area contributed by atoms with Crippen molar-refractivity contribution < 1.29 is 9.13 Å². The van der Waals surface area contributed by atoms with E-state index in [-0.39, 0.29) is 18.0 Å². The first-order valence-corrected chi connectivity index (χ1v) is 5.28. The van der Waals surface area contributed by atoms with E-state index in [9.17, 15) is 4.39 Å². The molecule has 1 aromatic carbocycles. The summed E-state index contributed by atoms with van der Waals surface area (Å²) in [6.07, 6.45) is 0.705. The summed E-state index contributed by atoms with van der Waals surface area (Å²) in [4.78, 5) is 0. The van der Waals surface area contributed by atoms with E-state index in [1.807, 2.05) is 13.0 Å². The third-order valence-electron chi connectivity index (χ3n) is 2.34. The predicted molar refractivity (Wildman–Crippen MR) is 55.7 cm³/mol. The van der Waals surface area contributed by atoms with Crippen molar-refractivity contribution in [2.75, 3.05) is 0 Å². The molecular weight excluding hydrogens is 249 g/mol. The second-order valence-electron chi connectivity index (χ2n) is 3.58. The quantitative estimate of drug-likeness (QED) is 0.778. The minimum absolute atomic E-state index is 0.0202. The molecule has 0 bridgehead atoms. The van der Waals surface area contributed by atoms with Crippen molar-refractivity contribution in [3.05, 3.63) is 28.0 Å². The van der Waals surface area contributed by atoms with Crippen LogP contribution >= 0.6 is 15.9 Å². The highest BCUT2D eigenvalue weighted by Gasteiger charge is 2.26. The van der Waals surface area contributed by atoms with Crippen LogP contribution in [0, 0.1) is 5.82 Å². The van der Waals surface area contributed by atoms with Crippen LogP contribution in [0.4, 0.5) is 4.39 Å². The molecular formula is C10H11BrFNO. The van der Waals surface area contributed by atoms with Crippen molar-refractivity contribution in [1.29, 1.82) is 0 Å². The summed E-state index contributed by atoms with van der Waals surface area (Å²) in [5, 5.41) is 0. The van der Waals surface area contributed by atoms with Crippen LogP contribution in [0.1, 0.15) is 24.9 Å². The Morgan fingerprint density at radius 1 is 1.57 bits per heavy atom. The Morgan fingerprint density at radius 2 is 2.29 bits per heavy atom. The minimum atomic E-state index is -0.351. The molecule has 0 radical (unpaired) electrons. The monoisotopic (exact) mass is 259 g/mol. The van der Waals surface area contributed by atoms with Crippen molar-refractivity contribution in [2.45, 2.75) is 25.5 Å². The van der Waals surface area contributed by atoms with Gasteiger partial charge in [0, 0.05) is 22.5 Å². The topological polar surface area (TPSA) is 35.2 Å². The fourth-order valence-electron chi connectivity index (χ4n) is 1.71. The molecule has 0 aliphatic carbocycles. The Bertz CT molecular complexity index is 369. The average molecular weight is 260 g/mol. The highest BCUT2D eigenvalue weighted by Crippen LogP contribution is 2.37. The maximum absolute atomic E-state index is 13.5. The van der Waals surface area contributed by atoms with Gasteiger partial charge in [-0.15, -0.1) is 0 Å². The Morgan fingerprint density at radius 3 is 3.00 bits per heavy atom. The first-order chi connectivity index (χ1) is 6.58. The van der Waals surface area contributed by atoms with Crippen molar-refractivity contribution in [3.63, 3.8) is 0 Å². The molecule has 2 N–H and O–H groups in total. The number of ether oxygens (including phenoxy) is 1. The summed E-state index contributed by atoms with van der Waals surface area (Å²) >= 11 is 3.23. The number of rotatable bonds is 0. The van der Waals surface area contributed by atoms with Crippen LogP contribution in [0.2, 0.25) is 0 Å². The van der Waals surface area contributed by atoms with Crippen LogP contribution in [-0.4, -0.2) is 6.10 Å². The summed E-state index contributed by atoms with van der Waals surface area (Å²) in [6, 6.07) is 3.07. The highest BCUT2D eigenvalue weighted by molar-refractivity contribution is 9.10. The van der Waals surface area contributed by atoms with E-state index in [1.165, 1.54) is 6.07 Å². The van der Waals surface area contributed by atoms with Crippen molar-refractivity contribution >= 4 is 15.9 Å². The first kappa shape index (κ1) is 9.93. The largest absolute Gasteiger partial charge is 0.487 e. The lowest BCUT2D eigenvalue weighted by molar-refractivity contribution is 0.168. The maximum Gasteiger partial charge on any atom is 0.166 e. The normalized spacial score (nSPS) is 25.4. The van der Waals surface area contributed by atoms with Crippen molar-refractivity contribution in [1.82, 2.24) is 0 Å². The number of hydrogen-bond donors (Lipinski definition) is 1. The summed E-state index contributed by atoms with van der Waals surface area (Å²) in [5.74, 6) is -0.0455. The molecule has 0 fully saturated rings. The number of halogens is 2. The lowest BCUT2D eigenvalue weighted by Gasteiger charge is -2.28. The van der Waals surface area contributed by atoms with E-state index >= 15 is 0 Å². The molecule has 2 atom stereocenters. The molecule has 0 amide bonds. The van der Waals surface area contributed by atoms with E-state index in [4.69, 9.17) is 10.5 Å². The SMILES string of the molecule is CC1CC(N)c2cc(Br)cc(F)c2O1. The summed E-state index contributed by atoms with van der Waals surface area (Å²) in [6.45, 7) is 1.89. The molecule has 1 heterocycles. The summed E-state index contributed by atoms with van der Waals surface area (Å²) < 4.78 is 19.6. The third-order valence-corrected chi connectivity index (χ3v) is 2.80. The molecule has 1 aromatic rings. The predicted octanol–water partition coefficient (Wildman–Crippen LogP) is 2.76. The zero-order valence-corrected chi connectivity index (χ0v) is 9.34. The molecule has 1 aliphatic rings. The van der Waals surface area contributed by atoms with Crippen molar-refractivity contribution in [2.24, 2.45) is 5.73 Å². The van der Waals surface area contributed by atoms with E-state index in [1.54, 1.807) is 0 Å². The number of benzene rings is 1. The molecule has 2 nitrogen and oxygen atoms in total. The molecule has 1 aliphatic heterocycles. The second kappa shape index (κ2) is 3.51. The van der Waals surface area contributed by atoms with Gasteiger partial charge in [-0.3, -0.25) is 0 Å². The minimum Gasteiger partial charge on any atom is -0.487 e. The Balaban J connectivity index is 2.53. The van der Waals surface area contributed by atoms with Gasteiger partial charge in [-0.05, 0) is 19.1 Å². The number of nitrogens with two attached hydrogens (primary N) is 1. The van der Waals surface area contributed by atoms with Crippen LogP contribution in [0.15, 0.2) is 16.6 Å². The molecule has 0 aromatic heterocycles. The van der Waals surface area contributed by atoms with Gasteiger partial charge < -0.3 is 10.5 Å². The molecule has 0 saturated carbocycles. The smallest absolute Gasteiger partial charge is 0.166 e. The van der Waals surface area contributed by atoms with E-state index in [2.05, 4.69) is 15.9 Å². The Kier molecular flexibility index (Phi) is 2.49. The summed E-state index contributed by atoms with van der Waals surface area (Å²) in [5.41, 5.74) is 6.65. The Hall–Kier alpha value is -0.610. The molecule has 2 rings (SSSR count). The lowest BCUT2D eigenvalue weighted by Crippen LogP contribution is -2.27. The third kappa shape index (κ3) is 1.64. The van der Waals surface area contributed by atoms with Gasteiger partial charge in [0.2, 0.25) is 0 Å². The highest BCUT2D eigenvalue weighted by atomic mass is 79.9. The lowest BCUT2D eigenvalue weighted by atomic mass is 9.98. The molecule has 0 saturated heterocycles. The Labute approximate surface area is 90.4 Å². The molecule has 4 heteroatoms. The maximum atomic E-state index is 13.5. The van der Waals surface area contributed by atoms with Crippen LogP contribution in [0.3, 0.4) is 0 Å². The van der Waals surface area contributed by atoms with Gasteiger partial charge in [0.25, 0.3) is 0 Å². The van der Waals surface area contributed by atoms with Gasteiger partial charge in [-0.2, -0.15) is 0 Å². The summed E-state index contributed by atoms with van der Waals surface area (Å²) in [7, 11) is 0. The van der Waals surface area contributed by atoms with Crippen LogP contribution < -0.4 is 10.5 Å². The van der Waals surface area contributed by atoms with Gasteiger partial charge >= 0.3 is 0 Å². The standard InChI is InChI=1S/C10H11BrFNO/c1-5-2-9(13)7-3-6(11)4-8(12)10(7)14-5/h3-5,9H,2,13H2,1H3. The van der Waals surface area contributed by atoms with Crippen molar-refractivity contribution in [3.8, 4) is 5.75 Å². The van der Waals surface area contributed by atoms with Gasteiger partial charge in [0.05, 0.1) is 6.10 Å². The van der Waals surface area contributed by atoms with E-state index in [0.29, 0.717) is 10.2 Å². The van der Waals surface area contributed by atoms with E-state index < -0.39 is 0 Å². The molecule has 14 heavy (non-hydrogen) atoms. The fraction of sp³-hybridized carbons (Fsp3) is 0.400. The fourth-order valence-corrected chi connectivity index (χ4v) is 2.16. The zero-order chi connectivity index (χ0) is 10.3. The van der Waals surface area contributed by atoms with E-state index in [0.717, 1.165) is 12.0 Å². The zero-order valence-electron chi connectivity index (χ0n) is 7.76. The molecule has 76 valence electrons. The first-order valence-electron chi connectivity index (χ1n) is 4.49. The van der Waals surface area contributed by atoms with Gasteiger partial charge in [0.15, 0.2) is 11.6 Å². The van der Waals surface area contributed by atoms with Gasteiger partial charge in [-0.1, -0.05) is 15.9 Å². The van der Waals surface area contributed by atoms with Gasteiger partial charge in [0.1, 0.15) is 0 Å². The number of fused-ring (bicyclic) bond motifs is 1. The molecule has 0 spiro atoms. The van der Waals surface area contributed by atoms with Crippen LogP contribution in [0.25, 0.3) is 0 Å². The second-order valence-corrected chi connectivity index (χ2v) is 4.49. The molecule has 2 unspecified atom stereocenters.